The average Bonchev–Trinajstić information content (AvgIpc) is 2.37. The lowest BCUT2D eigenvalue weighted by molar-refractivity contribution is 0.405. The summed E-state index contributed by atoms with van der Waals surface area (Å²) >= 11 is 6.01. The molecule has 0 N–H and O–H groups in total. The molecule has 0 saturated carbocycles. The van der Waals surface area contributed by atoms with Gasteiger partial charge in [0.2, 0.25) is 0 Å². The lowest BCUT2D eigenvalue weighted by atomic mass is 9.99. The molecule has 2 aromatic rings. The smallest absolute Gasteiger partial charge is 0.131 e. The minimum atomic E-state index is 0.413. The maximum absolute atomic E-state index is 6.01. The Labute approximate surface area is 106 Å². The van der Waals surface area contributed by atoms with Gasteiger partial charge in [-0.25, -0.2) is 0 Å². The van der Waals surface area contributed by atoms with E-state index in [1.54, 1.807) is 14.2 Å². The van der Waals surface area contributed by atoms with E-state index in [1.165, 1.54) is 0 Å². The van der Waals surface area contributed by atoms with Gasteiger partial charge < -0.3 is 9.47 Å². The molecule has 0 aromatic heterocycles. The van der Waals surface area contributed by atoms with Gasteiger partial charge in [0.1, 0.15) is 11.5 Å². The number of hydrogen-bond acceptors (Lipinski definition) is 2. The molecule has 0 spiro atoms. The number of rotatable bonds is 3. The van der Waals surface area contributed by atoms with Gasteiger partial charge in [0.25, 0.3) is 0 Å². The van der Waals surface area contributed by atoms with Gasteiger partial charge in [-0.2, -0.15) is 0 Å². The summed E-state index contributed by atoms with van der Waals surface area (Å²) in [6.45, 7) is 2.01. The molecule has 3 heteroatoms. The maximum Gasteiger partial charge on any atom is 0.131 e. The minimum Gasteiger partial charge on any atom is -0.496 e. The monoisotopic (exact) mass is 250 g/mol. The van der Waals surface area contributed by atoms with E-state index in [0.29, 0.717) is 5.88 Å². The second-order valence-corrected chi connectivity index (χ2v) is 4.12. The van der Waals surface area contributed by atoms with E-state index >= 15 is 0 Å². The summed E-state index contributed by atoms with van der Waals surface area (Å²) in [6, 6.07) is 8.02. The van der Waals surface area contributed by atoms with Crippen molar-refractivity contribution in [3.8, 4) is 11.5 Å². The van der Waals surface area contributed by atoms with Gasteiger partial charge in [-0.1, -0.05) is 24.3 Å². The molecule has 17 heavy (non-hydrogen) atoms. The van der Waals surface area contributed by atoms with Crippen LogP contribution in [-0.4, -0.2) is 14.2 Å². The van der Waals surface area contributed by atoms with Gasteiger partial charge in [-0.15, -0.1) is 11.6 Å². The molecule has 0 aliphatic carbocycles. The molecule has 0 amide bonds. The third-order valence-corrected chi connectivity index (χ3v) is 3.29. The first-order valence-corrected chi connectivity index (χ1v) is 5.96. The Balaban J connectivity index is 2.93. The van der Waals surface area contributed by atoms with Crippen LogP contribution in [0.5, 0.6) is 11.5 Å². The summed E-state index contributed by atoms with van der Waals surface area (Å²) in [5.41, 5.74) is 2.03. The number of methoxy groups -OCH3 is 2. The molecule has 2 aromatic carbocycles. The number of ether oxygens (including phenoxy) is 2. The van der Waals surface area contributed by atoms with Gasteiger partial charge in [-0.05, 0) is 12.5 Å². The largest absolute Gasteiger partial charge is 0.496 e. The lowest BCUT2D eigenvalue weighted by Gasteiger charge is -2.17. The first-order chi connectivity index (χ1) is 8.24. The summed E-state index contributed by atoms with van der Waals surface area (Å²) in [4.78, 5) is 0. The van der Waals surface area contributed by atoms with Crippen molar-refractivity contribution in [2.45, 2.75) is 12.8 Å². The summed E-state index contributed by atoms with van der Waals surface area (Å²) in [6.07, 6.45) is 0. The standard InChI is InChI=1S/C14H15ClO2/c1-9-12(8-15)14(17-3)11-7-5-4-6-10(11)13(9)16-2/h4-7H,8H2,1-3H3. The Hall–Kier alpha value is -1.41. The lowest BCUT2D eigenvalue weighted by Crippen LogP contribution is -1.98. The van der Waals surface area contributed by atoms with E-state index in [9.17, 15) is 0 Å². The highest BCUT2D eigenvalue weighted by Gasteiger charge is 2.16. The van der Waals surface area contributed by atoms with E-state index in [0.717, 1.165) is 33.4 Å². The van der Waals surface area contributed by atoms with Crippen molar-refractivity contribution in [3.05, 3.63) is 35.4 Å². The van der Waals surface area contributed by atoms with Crippen molar-refractivity contribution in [1.82, 2.24) is 0 Å². The second kappa shape index (κ2) is 4.84. The average molecular weight is 251 g/mol. The molecule has 0 radical (unpaired) electrons. The molecule has 0 bridgehead atoms. The summed E-state index contributed by atoms with van der Waals surface area (Å²) in [7, 11) is 3.35. The van der Waals surface area contributed by atoms with Crippen LogP contribution < -0.4 is 9.47 Å². The van der Waals surface area contributed by atoms with Crippen molar-refractivity contribution in [1.29, 1.82) is 0 Å². The van der Waals surface area contributed by atoms with Gasteiger partial charge in [0, 0.05) is 16.3 Å². The fourth-order valence-electron chi connectivity index (χ4n) is 2.21. The summed E-state index contributed by atoms with van der Waals surface area (Å²) in [5.74, 6) is 2.13. The third-order valence-electron chi connectivity index (χ3n) is 3.03. The highest BCUT2D eigenvalue weighted by Crippen LogP contribution is 2.40. The van der Waals surface area contributed by atoms with E-state index in [2.05, 4.69) is 0 Å². The fraction of sp³-hybridized carbons (Fsp3) is 0.286. The Bertz CT molecular complexity index is 549. The predicted octanol–water partition coefficient (Wildman–Crippen LogP) is 3.90. The molecule has 0 saturated heterocycles. The van der Waals surface area contributed by atoms with E-state index < -0.39 is 0 Å². The molecule has 0 aliphatic rings. The summed E-state index contributed by atoms with van der Waals surface area (Å²) in [5, 5.41) is 2.09. The minimum absolute atomic E-state index is 0.413. The van der Waals surface area contributed by atoms with Crippen LogP contribution in [0.4, 0.5) is 0 Å². The van der Waals surface area contributed by atoms with Crippen LogP contribution in [0.2, 0.25) is 0 Å². The molecule has 0 atom stereocenters. The van der Waals surface area contributed by atoms with E-state index in [-0.39, 0.29) is 0 Å². The Morgan fingerprint density at radius 1 is 1.00 bits per heavy atom. The Morgan fingerprint density at radius 2 is 1.53 bits per heavy atom. The zero-order valence-electron chi connectivity index (χ0n) is 10.2. The maximum atomic E-state index is 6.01. The zero-order valence-corrected chi connectivity index (χ0v) is 11.0. The van der Waals surface area contributed by atoms with Gasteiger partial charge in [0.05, 0.1) is 20.1 Å². The van der Waals surface area contributed by atoms with Gasteiger partial charge in [-0.3, -0.25) is 0 Å². The fourth-order valence-corrected chi connectivity index (χ4v) is 2.53. The van der Waals surface area contributed by atoms with Crippen LogP contribution in [0.1, 0.15) is 11.1 Å². The quantitative estimate of drug-likeness (QED) is 0.769. The van der Waals surface area contributed by atoms with Crippen LogP contribution in [-0.2, 0) is 5.88 Å². The SMILES string of the molecule is COc1c(C)c(CCl)c(OC)c2ccccc12. The van der Waals surface area contributed by atoms with Crippen LogP contribution >= 0.6 is 11.6 Å². The zero-order chi connectivity index (χ0) is 12.4. The van der Waals surface area contributed by atoms with E-state index in [1.807, 2.05) is 31.2 Å². The topological polar surface area (TPSA) is 18.5 Å². The highest BCUT2D eigenvalue weighted by atomic mass is 35.5. The number of alkyl halides is 1. The Morgan fingerprint density at radius 3 is 2.00 bits per heavy atom. The number of hydrogen-bond donors (Lipinski definition) is 0. The number of halogens is 1. The molecule has 0 fully saturated rings. The molecule has 2 rings (SSSR count). The third kappa shape index (κ3) is 1.83. The normalized spacial score (nSPS) is 10.6. The molecule has 90 valence electrons. The molecule has 0 unspecified atom stereocenters. The van der Waals surface area contributed by atoms with Gasteiger partial charge in [0.15, 0.2) is 0 Å². The molecule has 2 nitrogen and oxygen atoms in total. The molecular formula is C14H15ClO2. The van der Waals surface area contributed by atoms with Crippen LogP contribution in [0.15, 0.2) is 24.3 Å². The van der Waals surface area contributed by atoms with E-state index in [4.69, 9.17) is 21.1 Å². The van der Waals surface area contributed by atoms with Crippen molar-refractivity contribution < 1.29 is 9.47 Å². The molecular weight excluding hydrogens is 236 g/mol. The first-order valence-electron chi connectivity index (χ1n) is 5.42. The predicted molar refractivity (Wildman–Crippen MR) is 71.3 cm³/mol. The van der Waals surface area contributed by atoms with Crippen molar-refractivity contribution in [2.24, 2.45) is 0 Å². The van der Waals surface area contributed by atoms with Crippen molar-refractivity contribution in [2.75, 3.05) is 14.2 Å². The van der Waals surface area contributed by atoms with Crippen molar-refractivity contribution in [3.63, 3.8) is 0 Å². The molecule has 0 aliphatic heterocycles. The van der Waals surface area contributed by atoms with Crippen molar-refractivity contribution >= 4 is 22.4 Å². The van der Waals surface area contributed by atoms with Crippen LogP contribution in [0.3, 0.4) is 0 Å². The van der Waals surface area contributed by atoms with Gasteiger partial charge >= 0.3 is 0 Å². The Kier molecular flexibility index (Phi) is 3.43. The number of fused-ring (bicyclic) bond motifs is 1. The first kappa shape index (κ1) is 12.1. The number of benzene rings is 2. The highest BCUT2D eigenvalue weighted by molar-refractivity contribution is 6.18. The van der Waals surface area contributed by atoms with Crippen LogP contribution in [0, 0.1) is 6.92 Å². The second-order valence-electron chi connectivity index (χ2n) is 3.85. The molecule has 0 heterocycles. The van der Waals surface area contributed by atoms with Crippen LogP contribution in [0.25, 0.3) is 10.8 Å². The summed E-state index contributed by atoms with van der Waals surface area (Å²) < 4.78 is 11.0.